The molecule has 1 unspecified atom stereocenters. The van der Waals surface area contributed by atoms with Gasteiger partial charge < -0.3 is 15.0 Å². The predicted molar refractivity (Wildman–Crippen MR) is 113 cm³/mol. The lowest BCUT2D eigenvalue weighted by atomic mass is 9.99. The average Bonchev–Trinajstić information content (AvgIpc) is 3.08. The highest BCUT2D eigenvalue weighted by atomic mass is 19.4. The third kappa shape index (κ3) is 5.27. The highest BCUT2D eigenvalue weighted by Crippen LogP contribution is 2.27. The minimum absolute atomic E-state index is 0.131. The van der Waals surface area contributed by atoms with Crippen molar-refractivity contribution in [3.8, 4) is 0 Å². The Hall–Kier alpha value is -2.94. The number of benzene rings is 2. The SMILES string of the molecule is Cc1nc(CNC(C)c2ccc(F)c3ccccc23)c2n1CCCC2.O=C(O)C(F)(F)F. The Morgan fingerprint density at radius 2 is 1.84 bits per heavy atom. The van der Waals surface area contributed by atoms with E-state index in [4.69, 9.17) is 14.9 Å². The van der Waals surface area contributed by atoms with Crippen LogP contribution in [0.4, 0.5) is 17.6 Å². The van der Waals surface area contributed by atoms with E-state index < -0.39 is 12.1 Å². The fourth-order valence-electron chi connectivity index (χ4n) is 3.97. The Labute approximate surface area is 183 Å². The molecule has 172 valence electrons. The molecular formula is C23H25F4N3O2. The largest absolute Gasteiger partial charge is 0.490 e. The van der Waals surface area contributed by atoms with Crippen LogP contribution in [0, 0.1) is 12.7 Å². The molecule has 9 heteroatoms. The van der Waals surface area contributed by atoms with Crippen LogP contribution < -0.4 is 5.32 Å². The first-order valence-electron chi connectivity index (χ1n) is 10.3. The Bertz CT molecular complexity index is 1110. The number of nitrogens with one attached hydrogen (secondary N) is 1. The zero-order valence-electron chi connectivity index (χ0n) is 17.8. The van der Waals surface area contributed by atoms with E-state index in [1.165, 1.54) is 18.5 Å². The summed E-state index contributed by atoms with van der Waals surface area (Å²) < 4.78 is 48.1. The maximum Gasteiger partial charge on any atom is 0.490 e. The van der Waals surface area contributed by atoms with Crippen LogP contribution in [-0.4, -0.2) is 26.8 Å². The number of imidazole rings is 1. The molecule has 0 aliphatic carbocycles. The third-order valence-electron chi connectivity index (χ3n) is 5.58. The number of alkyl halides is 3. The molecule has 1 aliphatic rings. The van der Waals surface area contributed by atoms with Gasteiger partial charge in [0.05, 0.1) is 5.69 Å². The number of hydrogen-bond acceptors (Lipinski definition) is 3. The highest BCUT2D eigenvalue weighted by Gasteiger charge is 2.38. The number of nitrogens with zero attached hydrogens (tertiary/aromatic N) is 2. The average molecular weight is 451 g/mol. The van der Waals surface area contributed by atoms with Gasteiger partial charge in [0.2, 0.25) is 0 Å². The molecule has 0 bridgehead atoms. The van der Waals surface area contributed by atoms with E-state index in [1.807, 2.05) is 30.3 Å². The van der Waals surface area contributed by atoms with E-state index in [2.05, 4.69) is 23.7 Å². The molecule has 2 heterocycles. The van der Waals surface area contributed by atoms with Crippen molar-refractivity contribution in [1.82, 2.24) is 14.9 Å². The Morgan fingerprint density at radius 1 is 1.19 bits per heavy atom. The van der Waals surface area contributed by atoms with Crippen molar-refractivity contribution in [3.63, 3.8) is 0 Å². The van der Waals surface area contributed by atoms with E-state index in [1.54, 1.807) is 6.07 Å². The van der Waals surface area contributed by atoms with Gasteiger partial charge in [-0.3, -0.25) is 0 Å². The maximum atomic E-state index is 14.0. The number of aromatic nitrogens is 2. The molecule has 0 fully saturated rings. The van der Waals surface area contributed by atoms with Crippen LogP contribution in [0.1, 0.15) is 48.6 Å². The lowest BCUT2D eigenvalue weighted by Crippen LogP contribution is -2.21. The maximum absolute atomic E-state index is 14.0. The van der Waals surface area contributed by atoms with Crippen LogP contribution in [0.25, 0.3) is 10.8 Å². The molecule has 0 radical (unpaired) electrons. The predicted octanol–water partition coefficient (Wildman–Crippen LogP) is 5.30. The van der Waals surface area contributed by atoms with Crippen LogP contribution in [0.2, 0.25) is 0 Å². The van der Waals surface area contributed by atoms with Crippen LogP contribution in [-0.2, 0) is 24.3 Å². The molecule has 1 atom stereocenters. The third-order valence-corrected chi connectivity index (χ3v) is 5.58. The molecule has 3 aromatic rings. The van der Waals surface area contributed by atoms with Gasteiger partial charge in [-0.1, -0.05) is 30.3 Å². The lowest BCUT2D eigenvalue weighted by molar-refractivity contribution is -0.192. The Kier molecular flexibility index (Phi) is 7.18. The summed E-state index contributed by atoms with van der Waals surface area (Å²) in [4.78, 5) is 13.7. The molecule has 0 amide bonds. The number of aliphatic carboxylic acids is 1. The van der Waals surface area contributed by atoms with Crippen molar-refractivity contribution < 1.29 is 27.5 Å². The second kappa shape index (κ2) is 9.68. The van der Waals surface area contributed by atoms with Crippen molar-refractivity contribution in [2.24, 2.45) is 0 Å². The summed E-state index contributed by atoms with van der Waals surface area (Å²) in [5.74, 6) is -1.80. The standard InChI is InChI=1S/C21H24FN3.C2HF3O2/c1-14(16-10-11-19(22)18-8-4-3-7-17(16)18)23-13-20-21-9-5-6-12-25(21)15(2)24-20;3-2(4,5)1(6)7/h3-4,7-8,10-11,14,23H,5-6,9,12-13H2,1-2H3;(H,6,7). The number of fused-ring (bicyclic) bond motifs is 2. The lowest BCUT2D eigenvalue weighted by Gasteiger charge is -2.19. The zero-order valence-corrected chi connectivity index (χ0v) is 17.8. The fraction of sp³-hybridized carbons (Fsp3) is 0.391. The van der Waals surface area contributed by atoms with Crippen LogP contribution in [0.5, 0.6) is 0 Å². The number of halogens is 4. The monoisotopic (exact) mass is 451 g/mol. The van der Waals surface area contributed by atoms with E-state index in [0.29, 0.717) is 5.39 Å². The first kappa shape index (κ1) is 23.7. The number of hydrogen-bond donors (Lipinski definition) is 2. The normalized spacial score (nSPS) is 14.4. The molecule has 0 saturated heterocycles. The van der Waals surface area contributed by atoms with Crippen molar-refractivity contribution in [3.05, 3.63) is 65.0 Å². The van der Waals surface area contributed by atoms with E-state index in [0.717, 1.165) is 42.0 Å². The van der Waals surface area contributed by atoms with Gasteiger partial charge in [0.1, 0.15) is 11.6 Å². The molecule has 0 spiro atoms. The van der Waals surface area contributed by atoms with Gasteiger partial charge in [0.25, 0.3) is 0 Å². The molecule has 0 saturated carbocycles. The second-order valence-corrected chi connectivity index (χ2v) is 7.75. The van der Waals surface area contributed by atoms with Gasteiger partial charge >= 0.3 is 12.1 Å². The molecule has 1 aliphatic heterocycles. The second-order valence-electron chi connectivity index (χ2n) is 7.75. The van der Waals surface area contributed by atoms with Crippen molar-refractivity contribution >= 4 is 16.7 Å². The summed E-state index contributed by atoms with van der Waals surface area (Å²) in [6.45, 7) is 6.06. The minimum atomic E-state index is -5.08. The minimum Gasteiger partial charge on any atom is -0.475 e. The Balaban J connectivity index is 0.000000360. The van der Waals surface area contributed by atoms with E-state index in [9.17, 15) is 17.6 Å². The molecule has 4 rings (SSSR count). The number of carbonyl (C=O) groups is 1. The van der Waals surface area contributed by atoms with Gasteiger partial charge in [-0.05, 0) is 50.1 Å². The zero-order chi connectivity index (χ0) is 23.5. The molecule has 2 aromatic carbocycles. The molecule has 2 N–H and O–H groups in total. The summed E-state index contributed by atoms with van der Waals surface area (Å²) in [6, 6.07) is 11.3. The Morgan fingerprint density at radius 3 is 2.50 bits per heavy atom. The van der Waals surface area contributed by atoms with Crippen LogP contribution >= 0.6 is 0 Å². The highest BCUT2D eigenvalue weighted by molar-refractivity contribution is 5.86. The molecule has 5 nitrogen and oxygen atoms in total. The molecule has 32 heavy (non-hydrogen) atoms. The summed E-state index contributed by atoms with van der Waals surface area (Å²) in [6.07, 6.45) is -1.48. The van der Waals surface area contributed by atoms with E-state index >= 15 is 0 Å². The quantitative estimate of drug-likeness (QED) is 0.528. The van der Waals surface area contributed by atoms with Crippen LogP contribution in [0.3, 0.4) is 0 Å². The van der Waals surface area contributed by atoms with Crippen LogP contribution in [0.15, 0.2) is 36.4 Å². The van der Waals surface area contributed by atoms with E-state index in [-0.39, 0.29) is 11.9 Å². The van der Waals surface area contributed by atoms with Gasteiger partial charge in [-0.2, -0.15) is 13.2 Å². The fourth-order valence-corrected chi connectivity index (χ4v) is 3.97. The number of aryl methyl sites for hydroxylation is 1. The number of carboxylic acid groups (broad SMARTS) is 1. The first-order chi connectivity index (χ1) is 15.1. The van der Waals surface area contributed by atoms with Crippen molar-refractivity contribution in [1.29, 1.82) is 0 Å². The topological polar surface area (TPSA) is 67.2 Å². The summed E-state index contributed by atoms with van der Waals surface area (Å²) >= 11 is 0. The van der Waals surface area contributed by atoms with Gasteiger partial charge in [-0.15, -0.1) is 0 Å². The summed E-state index contributed by atoms with van der Waals surface area (Å²) in [7, 11) is 0. The van der Waals surface area contributed by atoms with Crippen molar-refractivity contribution in [2.75, 3.05) is 0 Å². The number of rotatable bonds is 4. The molecule has 1 aromatic heterocycles. The van der Waals surface area contributed by atoms with Gasteiger partial charge in [0, 0.05) is 30.2 Å². The number of carboxylic acids is 1. The van der Waals surface area contributed by atoms with Crippen molar-refractivity contribution in [2.45, 2.75) is 58.4 Å². The summed E-state index contributed by atoms with van der Waals surface area (Å²) in [5.41, 5.74) is 3.67. The van der Waals surface area contributed by atoms with Gasteiger partial charge in [0.15, 0.2) is 0 Å². The van der Waals surface area contributed by atoms with Gasteiger partial charge in [-0.25, -0.2) is 14.2 Å². The molecular weight excluding hydrogens is 426 g/mol. The smallest absolute Gasteiger partial charge is 0.475 e. The summed E-state index contributed by atoms with van der Waals surface area (Å²) in [5, 5.41) is 12.4. The first-order valence-corrected chi connectivity index (χ1v) is 10.3.